The van der Waals surface area contributed by atoms with Gasteiger partial charge in [-0.3, -0.25) is 9.59 Å². The Morgan fingerprint density at radius 1 is 1.41 bits per heavy atom. The van der Waals surface area contributed by atoms with Crippen LogP contribution in [-0.2, 0) is 6.42 Å². The Morgan fingerprint density at radius 2 is 2.06 bits per heavy atom. The van der Waals surface area contributed by atoms with Crippen molar-refractivity contribution < 1.29 is 19.1 Å². The molecule has 0 radical (unpaired) electrons. The lowest BCUT2D eigenvalue weighted by atomic mass is 9.79. The van der Waals surface area contributed by atoms with E-state index in [1.807, 2.05) is 0 Å². The Bertz CT molecular complexity index is 482. The molecule has 0 spiro atoms. The summed E-state index contributed by atoms with van der Waals surface area (Å²) in [4.78, 5) is 23.4. The fourth-order valence-electron chi connectivity index (χ4n) is 2.35. The van der Waals surface area contributed by atoms with Crippen molar-refractivity contribution in [2.45, 2.75) is 33.6 Å². The van der Waals surface area contributed by atoms with Gasteiger partial charge in [0.1, 0.15) is 11.3 Å². The molecule has 1 N–H and O–H groups in total. The molecule has 17 heavy (non-hydrogen) atoms. The number of hydrogen-bond donors (Lipinski definition) is 1. The van der Waals surface area contributed by atoms with Gasteiger partial charge in [0.25, 0.3) is 5.95 Å². The second-order valence-corrected chi connectivity index (χ2v) is 4.97. The summed E-state index contributed by atoms with van der Waals surface area (Å²) in [7, 11) is 0. The lowest BCUT2D eigenvalue weighted by molar-refractivity contribution is 0.0916. The SMILES string of the molecule is CC(=O)c1c(O)oc2c1C(=O)CC(C(C)C)C2. The average molecular weight is 236 g/mol. The quantitative estimate of drug-likeness (QED) is 0.801. The first kappa shape index (κ1) is 11.9. The maximum Gasteiger partial charge on any atom is 0.294 e. The molecule has 0 saturated heterocycles. The van der Waals surface area contributed by atoms with E-state index in [2.05, 4.69) is 13.8 Å². The number of carbonyl (C=O) groups excluding carboxylic acids is 2. The van der Waals surface area contributed by atoms with Gasteiger partial charge >= 0.3 is 0 Å². The van der Waals surface area contributed by atoms with Crippen molar-refractivity contribution in [3.05, 3.63) is 16.9 Å². The van der Waals surface area contributed by atoms with Gasteiger partial charge in [-0.15, -0.1) is 0 Å². The third-order valence-electron chi connectivity index (χ3n) is 3.43. The topological polar surface area (TPSA) is 67.5 Å². The molecule has 4 nitrogen and oxygen atoms in total. The van der Waals surface area contributed by atoms with Crippen LogP contribution in [0.3, 0.4) is 0 Å². The zero-order valence-corrected chi connectivity index (χ0v) is 10.2. The predicted octanol–water partition coefficient (Wildman–Crippen LogP) is 2.59. The molecule has 4 heteroatoms. The van der Waals surface area contributed by atoms with Gasteiger partial charge in [0.2, 0.25) is 0 Å². The van der Waals surface area contributed by atoms with Crippen molar-refractivity contribution in [2.75, 3.05) is 0 Å². The summed E-state index contributed by atoms with van der Waals surface area (Å²) in [5, 5.41) is 9.58. The highest BCUT2D eigenvalue weighted by Gasteiger charge is 2.35. The second-order valence-electron chi connectivity index (χ2n) is 4.97. The molecule has 2 rings (SSSR count). The Balaban J connectivity index is 2.49. The predicted molar refractivity (Wildman–Crippen MR) is 61.4 cm³/mol. The van der Waals surface area contributed by atoms with Crippen LogP contribution in [-0.4, -0.2) is 16.7 Å². The highest BCUT2D eigenvalue weighted by atomic mass is 16.5. The number of Topliss-reactive ketones (excluding diaryl/α,β-unsaturated/α-hetero) is 2. The van der Waals surface area contributed by atoms with Gasteiger partial charge in [-0.2, -0.15) is 0 Å². The van der Waals surface area contributed by atoms with Gasteiger partial charge in [-0.05, 0) is 18.8 Å². The summed E-state index contributed by atoms with van der Waals surface area (Å²) in [6.07, 6.45) is 1.03. The van der Waals surface area contributed by atoms with Crippen LogP contribution in [0.4, 0.5) is 0 Å². The fourth-order valence-corrected chi connectivity index (χ4v) is 2.35. The van der Waals surface area contributed by atoms with E-state index in [4.69, 9.17) is 4.42 Å². The molecule has 1 aromatic heterocycles. The molecule has 0 aromatic carbocycles. The van der Waals surface area contributed by atoms with Crippen LogP contribution in [0, 0.1) is 11.8 Å². The van der Waals surface area contributed by atoms with Crippen molar-refractivity contribution in [3.8, 4) is 5.95 Å². The van der Waals surface area contributed by atoms with E-state index in [0.29, 0.717) is 30.1 Å². The van der Waals surface area contributed by atoms with Crippen LogP contribution in [0.2, 0.25) is 0 Å². The van der Waals surface area contributed by atoms with Crippen LogP contribution in [0.25, 0.3) is 0 Å². The summed E-state index contributed by atoms with van der Waals surface area (Å²) in [6.45, 7) is 5.43. The lowest BCUT2D eigenvalue weighted by Crippen LogP contribution is -2.24. The van der Waals surface area contributed by atoms with E-state index in [-0.39, 0.29) is 23.0 Å². The molecule has 1 unspecified atom stereocenters. The highest BCUT2D eigenvalue weighted by molar-refractivity contribution is 6.10. The zero-order chi connectivity index (χ0) is 12.7. The van der Waals surface area contributed by atoms with Crippen molar-refractivity contribution in [3.63, 3.8) is 0 Å². The fraction of sp³-hybridized carbons (Fsp3) is 0.538. The average Bonchev–Trinajstić information content (AvgIpc) is 2.54. The summed E-state index contributed by atoms with van der Waals surface area (Å²) >= 11 is 0. The normalized spacial score (nSPS) is 19.5. The maximum absolute atomic E-state index is 12.0. The zero-order valence-electron chi connectivity index (χ0n) is 10.2. The van der Waals surface area contributed by atoms with Crippen LogP contribution >= 0.6 is 0 Å². The Hall–Kier alpha value is -1.58. The van der Waals surface area contributed by atoms with E-state index in [1.54, 1.807) is 0 Å². The molecule has 1 aliphatic rings. The minimum Gasteiger partial charge on any atom is -0.480 e. The van der Waals surface area contributed by atoms with E-state index < -0.39 is 5.95 Å². The highest BCUT2D eigenvalue weighted by Crippen LogP contribution is 2.37. The molecule has 0 fully saturated rings. The van der Waals surface area contributed by atoms with Crippen molar-refractivity contribution in [1.29, 1.82) is 0 Å². The first-order valence-electron chi connectivity index (χ1n) is 5.80. The third kappa shape index (κ3) is 1.88. The van der Waals surface area contributed by atoms with Gasteiger partial charge in [0.15, 0.2) is 11.6 Å². The van der Waals surface area contributed by atoms with Crippen molar-refractivity contribution >= 4 is 11.6 Å². The Labute approximate surface area is 99.6 Å². The number of ketones is 2. The van der Waals surface area contributed by atoms with Gasteiger partial charge in [0, 0.05) is 12.8 Å². The van der Waals surface area contributed by atoms with Crippen molar-refractivity contribution in [2.24, 2.45) is 11.8 Å². The molecular formula is C13H16O4. The first-order chi connectivity index (χ1) is 7.91. The molecular weight excluding hydrogens is 220 g/mol. The number of rotatable bonds is 2. The number of fused-ring (bicyclic) bond motifs is 1. The summed E-state index contributed by atoms with van der Waals surface area (Å²) < 4.78 is 5.16. The molecule has 0 saturated carbocycles. The summed E-state index contributed by atoms with van der Waals surface area (Å²) in [6, 6.07) is 0. The van der Waals surface area contributed by atoms with Crippen LogP contribution < -0.4 is 0 Å². The standard InChI is InChI=1S/C13H16O4/c1-6(2)8-4-9(15)12-10(5-8)17-13(16)11(12)7(3)14/h6,8,16H,4-5H2,1-3H3. The number of furan rings is 1. The minimum atomic E-state index is -0.416. The van der Waals surface area contributed by atoms with E-state index in [0.717, 1.165) is 0 Å². The molecule has 92 valence electrons. The van der Waals surface area contributed by atoms with E-state index >= 15 is 0 Å². The second kappa shape index (κ2) is 4.02. The van der Waals surface area contributed by atoms with Gasteiger partial charge < -0.3 is 9.52 Å². The number of aromatic hydroxyl groups is 1. The monoisotopic (exact) mass is 236 g/mol. The molecule has 1 aliphatic carbocycles. The van der Waals surface area contributed by atoms with Crippen LogP contribution in [0.15, 0.2) is 4.42 Å². The number of carbonyl (C=O) groups is 2. The smallest absolute Gasteiger partial charge is 0.294 e. The Kier molecular flexibility index (Phi) is 2.81. The molecule has 0 bridgehead atoms. The molecule has 0 amide bonds. The molecule has 1 aromatic rings. The van der Waals surface area contributed by atoms with Crippen LogP contribution in [0.5, 0.6) is 5.95 Å². The molecule has 1 atom stereocenters. The summed E-state index contributed by atoms with van der Waals surface area (Å²) in [5.41, 5.74) is 0.346. The van der Waals surface area contributed by atoms with Crippen LogP contribution in [0.1, 0.15) is 53.7 Å². The van der Waals surface area contributed by atoms with Gasteiger partial charge in [-0.1, -0.05) is 13.8 Å². The lowest BCUT2D eigenvalue weighted by Gasteiger charge is -2.23. The molecule has 1 heterocycles. The molecule has 0 aliphatic heterocycles. The number of hydrogen-bond acceptors (Lipinski definition) is 4. The first-order valence-corrected chi connectivity index (χ1v) is 5.80. The third-order valence-corrected chi connectivity index (χ3v) is 3.43. The van der Waals surface area contributed by atoms with Gasteiger partial charge in [-0.25, -0.2) is 0 Å². The summed E-state index contributed by atoms with van der Waals surface area (Å²) in [5.74, 6) is 0.214. The Morgan fingerprint density at radius 3 is 2.59 bits per heavy atom. The largest absolute Gasteiger partial charge is 0.480 e. The maximum atomic E-state index is 12.0. The van der Waals surface area contributed by atoms with E-state index in [9.17, 15) is 14.7 Å². The van der Waals surface area contributed by atoms with Gasteiger partial charge in [0.05, 0.1) is 5.56 Å². The van der Waals surface area contributed by atoms with E-state index in [1.165, 1.54) is 6.92 Å². The minimum absolute atomic E-state index is 0.0483. The van der Waals surface area contributed by atoms with Crippen molar-refractivity contribution in [1.82, 2.24) is 0 Å².